The fourth-order valence-electron chi connectivity index (χ4n) is 1.23. The number of halogens is 1. The first kappa shape index (κ1) is 14.6. The molecule has 0 aromatic heterocycles. The molecular weight excluding hydrogens is 306 g/mol. The van der Waals surface area contributed by atoms with Crippen molar-refractivity contribution in [1.82, 2.24) is 4.72 Å². The SMILES string of the molecule is CCOCCNS(=O)(=O)c1ccc(CBr)cc1. The van der Waals surface area contributed by atoms with E-state index in [4.69, 9.17) is 4.74 Å². The Balaban J connectivity index is 2.62. The van der Waals surface area contributed by atoms with Gasteiger partial charge < -0.3 is 4.74 Å². The van der Waals surface area contributed by atoms with E-state index in [0.29, 0.717) is 18.5 Å². The van der Waals surface area contributed by atoms with Gasteiger partial charge in [0.15, 0.2) is 0 Å². The monoisotopic (exact) mass is 321 g/mol. The molecule has 0 amide bonds. The van der Waals surface area contributed by atoms with Gasteiger partial charge in [0.05, 0.1) is 11.5 Å². The molecule has 0 unspecified atom stereocenters. The number of ether oxygens (including phenoxy) is 1. The quantitative estimate of drug-likeness (QED) is 0.616. The van der Waals surface area contributed by atoms with Crippen LogP contribution in [0.4, 0.5) is 0 Å². The third kappa shape index (κ3) is 4.75. The standard InChI is InChI=1S/C11H16BrNO3S/c1-2-16-8-7-13-17(14,15)11-5-3-10(9-12)4-6-11/h3-6,13H,2,7-9H2,1H3. The highest BCUT2D eigenvalue weighted by atomic mass is 79.9. The molecule has 0 saturated carbocycles. The molecular formula is C11H16BrNO3S. The highest BCUT2D eigenvalue weighted by Gasteiger charge is 2.12. The van der Waals surface area contributed by atoms with Gasteiger partial charge >= 0.3 is 0 Å². The predicted octanol–water partition coefficient (Wildman–Crippen LogP) is 1.90. The van der Waals surface area contributed by atoms with Gasteiger partial charge in [-0.15, -0.1) is 0 Å². The van der Waals surface area contributed by atoms with E-state index in [2.05, 4.69) is 20.7 Å². The second-order valence-electron chi connectivity index (χ2n) is 3.37. The van der Waals surface area contributed by atoms with Gasteiger partial charge in [-0.25, -0.2) is 13.1 Å². The molecule has 0 atom stereocenters. The Morgan fingerprint density at radius 1 is 1.29 bits per heavy atom. The van der Waals surface area contributed by atoms with Crippen molar-refractivity contribution in [1.29, 1.82) is 0 Å². The summed E-state index contributed by atoms with van der Waals surface area (Å²) in [4.78, 5) is 0.277. The van der Waals surface area contributed by atoms with E-state index < -0.39 is 10.0 Å². The number of rotatable bonds is 7. The lowest BCUT2D eigenvalue weighted by Crippen LogP contribution is -2.27. The lowest BCUT2D eigenvalue weighted by atomic mass is 10.2. The lowest BCUT2D eigenvalue weighted by Gasteiger charge is -2.07. The highest BCUT2D eigenvalue weighted by molar-refractivity contribution is 9.08. The van der Waals surface area contributed by atoms with Crippen molar-refractivity contribution < 1.29 is 13.2 Å². The fraction of sp³-hybridized carbons (Fsp3) is 0.455. The zero-order chi connectivity index (χ0) is 12.7. The number of nitrogens with one attached hydrogen (secondary N) is 1. The molecule has 0 heterocycles. The number of alkyl halides is 1. The Morgan fingerprint density at radius 3 is 2.47 bits per heavy atom. The molecule has 0 bridgehead atoms. The minimum absolute atomic E-state index is 0.277. The molecule has 96 valence electrons. The Kier molecular flexibility index (Phi) is 6.11. The summed E-state index contributed by atoms with van der Waals surface area (Å²) in [5.41, 5.74) is 1.04. The summed E-state index contributed by atoms with van der Waals surface area (Å²) in [7, 11) is -3.41. The summed E-state index contributed by atoms with van der Waals surface area (Å²) < 4.78 is 31.2. The van der Waals surface area contributed by atoms with Crippen LogP contribution in [0, 0.1) is 0 Å². The van der Waals surface area contributed by atoms with Crippen molar-refractivity contribution >= 4 is 26.0 Å². The van der Waals surface area contributed by atoms with E-state index in [9.17, 15) is 8.42 Å². The molecule has 1 N–H and O–H groups in total. The third-order valence-corrected chi connectivity index (χ3v) is 4.25. The summed E-state index contributed by atoms with van der Waals surface area (Å²) in [5, 5.41) is 0.713. The molecule has 1 rings (SSSR count). The third-order valence-electron chi connectivity index (χ3n) is 2.13. The zero-order valence-electron chi connectivity index (χ0n) is 9.65. The van der Waals surface area contributed by atoms with Crippen LogP contribution in [0.2, 0.25) is 0 Å². The fourth-order valence-corrected chi connectivity index (χ4v) is 2.62. The van der Waals surface area contributed by atoms with Crippen molar-refractivity contribution in [3.63, 3.8) is 0 Å². The second kappa shape index (κ2) is 7.10. The van der Waals surface area contributed by atoms with Crippen molar-refractivity contribution in [2.75, 3.05) is 19.8 Å². The lowest BCUT2D eigenvalue weighted by molar-refractivity contribution is 0.153. The minimum Gasteiger partial charge on any atom is -0.380 e. The smallest absolute Gasteiger partial charge is 0.240 e. The van der Waals surface area contributed by atoms with Crippen LogP contribution in [0.15, 0.2) is 29.2 Å². The van der Waals surface area contributed by atoms with Crippen LogP contribution in [-0.4, -0.2) is 28.2 Å². The first-order valence-corrected chi connectivity index (χ1v) is 7.93. The van der Waals surface area contributed by atoms with Crippen LogP contribution >= 0.6 is 15.9 Å². The second-order valence-corrected chi connectivity index (χ2v) is 5.70. The Bertz CT molecular complexity index is 431. The van der Waals surface area contributed by atoms with Crippen LogP contribution in [0.1, 0.15) is 12.5 Å². The number of benzene rings is 1. The zero-order valence-corrected chi connectivity index (χ0v) is 12.1. The topological polar surface area (TPSA) is 55.4 Å². The van der Waals surface area contributed by atoms with Gasteiger partial charge in [-0.3, -0.25) is 0 Å². The van der Waals surface area contributed by atoms with E-state index in [0.717, 1.165) is 5.56 Å². The van der Waals surface area contributed by atoms with E-state index in [-0.39, 0.29) is 11.4 Å². The molecule has 1 aromatic rings. The Morgan fingerprint density at radius 2 is 1.94 bits per heavy atom. The number of sulfonamides is 1. The summed E-state index contributed by atoms with van der Waals surface area (Å²) >= 11 is 3.31. The van der Waals surface area contributed by atoms with Gasteiger partial charge in [0, 0.05) is 18.5 Å². The molecule has 0 aliphatic carbocycles. The van der Waals surface area contributed by atoms with Crippen molar-refractivity contribution in [2.24, 2.45) is 0 Å². The summed E-state index contributed by atoms with van der Waals surface area (Å²) in [6, 6.07) is 6.76. The van der Waals surface area contributed by atoms with Crippen molar-refractivity contribution in [3.05, 3.63) is 29.8 Å². The van der Waals surface area contributed by atoms with Gasteiger partial charge in [0.2, 0.25) is 10.0 Å². The van der Waals surface area contributed by atoms with Gasteiger partial charge in [0.25, 0.3) is 0 Å². The first-order chi connectivity index (χ1) is 8.10. The normalized spacial score (nSPS) is 11.6. The molecule has 0 saturated heterocycles. The van der Waals surface area contributed by atoms with Crippen LogP contribution in [0.5, 0.6) is 0 Å². The summed E-state index contributed by atoms with van der Waals surface area (Å²) in [5.74, 6) is 0. The van der Waals surface area contributed by atoms with Gasteiger partial charge in [-0.2, -0.15) is 0 Å². The molecule has 0 aliphatic heterocycles. The predicted molar refractivity (Wildman–Crippen MR) is 70.8 cm³/mol. The van der Waals surface area contributed by atoms with Gasteiger partial charge in [-0.1, -0.05) is 28.1 Å². The Labute approximate surface area is 111 Å². The van der Waals surface area contributed by atoms with E-state index >= 15 is 0 Å². The molecule has 0 spiro atoms. The number of hydrogen-bond acceptors (Lipinski definition) is 3. The van der Waals surface area contributed by atoms with E-state index in [1.165, 1.54) is 0 Å². The van der Waals surface area contributed by atoms with E-state index in [1.807, 2.05) is 6.92 Å². The van der Waals surface area contributed by atoms with Gasteiger partial charge in [-0.05, 0) is 24.6 Å². The molecule has 1 aromatic carbocycles. The molecule has 0 fully saturated rings. The Hall–Kier alpha value is -0.430. The van der Waals surface area contributed by atoms with Crippen molar-refractivity contribution in [2.45, 2.75) is 17.1 Å². The largest absolute Gasteiger partial charge is 0.380 e. The molecule has 0 aliphatic rings. The average molecular weight is 322 g/mol. The van der Waals surface area contributed by atoms with Crippen LogP contribution < -0.4 is 4.72 Å². The molecule has 6 heteroatoms. The minimum atomic E-state index is -3.41. The van der Waals surface area contributed by atoms with Crippen LogP contribution in [0.3, 0.4) is 0 Å². The van der Waals surface area contributed by atoms with Gasteiger partial charge in [0.1, 0.15) is 0 Å². The maximum absolute atomic E-state index is 11.8. The average Bonchev–Trinajstić information content (AvgIpc) is 2.35. The maximum Gasteiger partial charge on any atom is 0.240 e. The molecule has 0 radical (unpaired) electrons. The molecule has 17 heavy (non-hydrogen) atoms. The number of hydrogen-bond donors (Lipinski definition) is 1. The van der Waals surface area contributed by atoms with E-state index in [1.54, 1.807) is 24.3 Å². The summed E-state index contributed by atoms with van der Waals surface area (Å²) in [6.45, 7) is 3.13. The van der Waals surface area contributed by atoms with Crippen LogP contribution in [0.25, 0.3) is 0 Å². The first-order valence-electron chi connectivity index (χ1n) is 5.32. The summed E-state index contributed by atoms with van der Waals surface area (Å²) in [6.07, 6.45) is 0. The van der Waals surface area contributed by atoms with Crippen molar-refractivity contribution in [3.8, 4) is 0 Å². The molecule has 4 nitrogen and oxygen atoms in total. The highest BCUT2D eigenvalue weighted by Crippen LogP contribution is 2.12. The maximum atomic E-state index is 11.8. The van der Waals surface area contributed by atoms with Crippen LogP contribution in [-0.2, 0) is 20.1 Å².